The van der Waals surface area contributed by atoms with Crippen LogP contribution in [0.2, 0.25) is 0 Å². The minimum absolute atomic E-state index is 0.417. The van der Waals surface area contributed by atoms with Crippen LogP contribution in [-0.2, 0) is 4.79 Å². The molecule has 0 bridgehead atoms. The quantitative estimate of drug-likeness (QED) is 0.585. The number of hydrogen-bond acceptors (Lipinski definition) is 3. The molecule has 1 aliphatic heterocycles. The van der Waals surface area contributed by atoms with E-state index in [0.717, 1.165) is 29.6 Å². The van der Waals surface area contributed by atoms with Crippen molar-refractivity contribution in [3.8, 4) is 11.3 Å². The molecule has 4 rings (SSSR count). The number of ketones is 1. The second-order valence-electron chi connectivity index (χ2n) is 6.71. The summed E-state index contributed by atoms with van der Waals surface area (Å²) in [6.45, 7) is 2.76. The van der Waals surface area contributed by atoms with Gasteiger partial charge in [0, 0.05) is 37.1 Å². The summed E-state index contributed by atoms with van der Waals surface area (Å²) in [5.41, 5.74) is 2.94. The van der Waals surface area contributed by atoms with E-state index >= 15 is 0 Å². The zero-order chi connectivity index (χ0) is 18.1. The molecular weight excluding hydrogens is 326 g/mol. The van der Waals surface area contributed by atoms with Gasteiger partial charge < -0.3 is 14.8 Å². The number of nitrogens with one attached hydrogen (secondary N) is 1. The van der Waals surface area contributed by atoms with Crippen molar-refractivity contribution in [1.82, 2.24) is 14.8 Å². The lowest BCUT2D eigenvalue weighted by molar-refractivity contribution is -0.127. The number of para-hydroxylation sites is 1. The molecule has 1 aliphatic rings. The molecule has 0 atom stereocenters. The number of carbonyl (C=O) groups excluding carboxylic acids is 2. The highest BCUT2D eigenvalue weighted by atomic mass is 16.2. The standard InChI is InChI=1S/C21H21N3O2/c1-23-11-13-24(14-12-23)21(26)20(25)18-16-9-5-6-10-17(16)22-19(18)15-7-3-2-4-8-15/h2-10,22H,11-14H2,1H3. The first-order chi connectivity index (χ1) is 12.6. The van der Waals surface area contributed by atoms with Crippen LogP contribution in [0.1, 0.15) is 10.4 Å². The number of nitrogens with zero attached hydrogens (tertiary/aromatic N) is 2. The van der Waals surface area contributed by atoms with Gasteiger partial charge in [-0.1, -0.05) is 48.5 Å². The Kier molecular flexibility index (Phi) is 4.31. The number of benzene rings is 2. The third-order valence-corrected chi connectivity index (χ3v) is 4.98. The lowest BCUT2D eigenvalue weighted by Gasteiger charge is -2.31. The molecule has 0 unspecified atom stereocenters. The summed E-state index contributed by atoms with van der Waals surface area (Å²) in [5.74, 6) is -0.856. The first kappa shape index (κ1) is 16.5. The summed E-state index contributed by atoms with van der Waals surface area (Å²) >= 11 is 0. The maximum Gasteiger partial charge on any atom is 0.295 e. The zero-order valence-electron chi connectivity index (χ0n) is 14.7. The van der Waals surface area contributed by atoms with Crippen molar-refractivity contribution in [1.29, 1.82) is 0 Å². The molecule has 0 radical (unpaired) electrons. The average Bonchev–Trinajstić information content (AvgIpc) is 3.08. The molecule has 2 heterocycles. The second-order valence-corrected chi connectivity index (χ2v) is 6.71. The molecule has 132 valence electrons. The van der Waals surface area contributed by atoms with Crippen molar-refractivity contribution in [3.05, 3.63) is 60.2 Å². The van der Waals surface area contributed by atoms with Crippen LogP contribution in [0.15, 0.2) is 54.6 Å². The first-order valence-corrected chi connectivity index (χ1v) is 8.83. The first-order valence-electron chi connectivity index (χ1n) is 8.83. The zero-order valence-corrected chi connectivity index (χ0v) is 14.7. The fraction of sp³-hybridized carbons (Fsp3) is 0.238. The Balaban J connectivity index is 1.77. The number of H-pyrrole nitrogens is 1. The third kappa shape index (κ3) is 2.91. The average molecular weight is 347 g/mol. The van der Waals surface area contributed by atoms with Crippen molar-refractivity contribution in [2.45, 2.75) is 0 Å². The molecule has 0 spiro atoms. The molecule has 3 aromatic rings. The van der Waals surface area contributed by atoms with Gasteiger partial charge in [-0.05, 0) is 18.7 Å². The molecule has 2 aromatic carbocycles. The van der Waals surface area contributed by atoms with Crippen molar-refractivity contribution in [2.24, 2.45) is 0 Å². The van der Waals surface area contributed by atoms with E-state index < -0.39 is 11.7 Å². The lowest BCUT2D eigenvalue weighted by atomic mass is 10.0. The minimum Gasteiger partial charge on any atom is -0.354 e. The third-order valence-electron chi connectivity index (χ3n) is 4.98. The van der Waals surface area contributed by atoms with Crippen LogP contribution in [0.4, 0.5) is 0 Å². The van der Waals surface area contributed by atoms with E-state index in [1.54, 1.807) is 4.90 Å². The normalized spacial score (nSPS) is 15.3. The monoisotopic (exact) mass is 347 g/mol. The van der Waals surface area contributed by atoms with E-state index in [1.807, 2.05) is 61.6 Å². The fourth-order valence-electron chi connectivity index (χ4n) is 3.46. The van der Waals surface area contributed by atoms with Crippen molar-refractivity contribution in [2.75, 3.05) is 33.2 Å². The van der Waals surface area contributed by atoms with Crippen LogP contribution in [-0.4, -0.2) is 59.7 Å². The summed E-state index contributed by atoms with van der Waals surface area (Å²) in [4.78, 5) is 33.2. The van der Waals surface area contributed by atoms with E-state index in [9.17, 15) is 9.59 Å². The molecule has 1 aromatic heterocycles. The second kappa shape index (κ2) is 6.77. The molecule has 1 fully saturated rings. The Hall–Kier alpha value is -2.92. The number of hydrogen-bond donors (Lipinski definition) is 1. The number of Topliss-reactive ketones (excluding diaryl/α,β-unsaturated/α-hetero) is 1. The summed E-state index contributed by atoms with van der Waals surface area (Å²) < 4.78 is 0. The molecule has 1 saturated heterocycles. The molecule has 0 aliphatic carbocycles. The van der Waals surface area contributed by atoms with Gasteiger partial charge in [0.1, 0.15) is 0 Å². The smallest absolute Gasteiger partial charge is 0.295 e. The number of carbonyl (C=O) groups is 2. The summed E-state index contributed by atoms with van der Waals surface area (Å²) in [6.07, 6.45) is 0. The molecular formula is C21H21N3O2. The number of aromatic amines is 1. The van der Waals surface area contributed by atoms with Crippen LogP contribution in [0.5, 0.6) is 0 Å². The predicted octanol–water partition coefficient (Wildman–Crippen LogP) is 2.79. The summed E-state index contributed by atoms with van der Waals surface area (Å²) in [6, 6.07) is 17.3. The number of aromatic nitrogens is 1. The number of fused-ring (bicyclic) bond motifs is 1. The maximum atomic E-state index is 13.2. The van der Waals surface area contributed by atoms with Crippen LogP contribution in [0, 0.1) is 0 Å². The highest BCUT2D eigenvalue weighted by Gasteiger charge is 2.30. The van der Waals surface area contributed by atoms with Gasteiger partial charge in [0.25, 0.3) is 11.7 Å². The highest BCUT2D eigenvalue weighted by molar-refractivity contribution is 6.46. The topological polar surface area (TPSA) is 56.4 Å². The van der Waals surface area contributed by atoms with Crippen LogP contribution in [0.3, 0.4) is 0 Å². The molecule has 26 heavy (non-hydrogen) atoms. The van der Waals surface area contributed by atoms with Gasteiger partial charge in [0.05, 0.1) is 11.3 Å². The van der Waals surface area contributed by atoms with Gasteiger partial charge in [-0.3, -0.25) is 9.59 Å². The minimum atomic E-state index is -0.439. The van der Waals surface area contributed by atoms with Gasteiger partial charge in [-0.2, -0.15) is 0 Å². The Morgan fingerprint density at radius 3 is 2.27 bits per heavy atom. The van der Waals surface area contributed by atoms with Gasteiger partial charge in [-0.15, -0.1) is 0 Å². The maximum absolute atomic E-state index is 13.2. The van der Waals surface area contributed by atoms with E-state index in [1.165, 1.54) is 0 Å². The number of amides is 1. The van der Waals surface area contributed by atoms with E-state index in [2.05, 4.69) is 9.88 Å². The summed E-state index contributed by atoms with van der Waals surface area (Å²) in [5, 5.41) is 0.791. The molecule has 1 N–H and O–H groups in total. The molecule has 0 saturated carbocycles. The number of likely N-dealkylation sites (N-methyl/N-ethyl adjacent to an activating group) is 1. The van der Waals surface area contributed by atoms with Crippen LogP contribution >= 0.6 is 0 Å². The molecule has 5 heteroatoms. The Morgan fingerprint density at radius 1 is 0.885 bits per heavy atom. The predicted molar refractivity (Wildman–Crippen MR) is 102 cm³/mol. The number of rotatable bonds is 3. The van der Waals surface area contributed by atoms with E-state index in [4.69, 9.17) is 0 Å². The largest absolute Gasteiger partial charge is 0.354 e. The van der Waals surface area contributed by atoms with E-state index in [-0.39, 0.29) is 0 Å². The van der Waals surface area contributed by atoms with Gasteiger partial charge in [0.2, 0.25) is 0 Å². The van der Waals surface area contributed by atoms with Crippen molar-refractivity contribution < 1.29 is 9.59 Å². The van der Waals surface area contributed by atoms with Crippen LogP contribution in [0.25, 0.3) is 22.2 Å². The van der Waals surface area contributed by atoms with Gasteiger partial charge >= 0.3 is 0 Å². The Labute approximate surface area is 152 Å². The van der Waals surface area contributed by atoms with Crippen molar-refractivity contribution in [3.63, 3.8) is 0 Å². The Bertz CT molecular complexity index is 954. The Morgan fingerprint density at radius 2 is 1.54 bits per heavy atom. The van der Waals surface area contributed by atoms with Crippen molar-refractivity contribution >= 4 is 22.6 Å². The molecule has 5 nitrogen and oxygen atoms in total. The molecule has 1 amide bonds. The fourth-order valence-corrected chi connectivity index (χ4v) is 3.46. The lowest BCUT2D eigenvalue weighted by Crippen LogP contribution is -2.49. The SMILES string of the molecule is CN1CCN(C(=O)C(=O)c2c(-c3ccccc3)[nH]c3ccccc23)CC1. The van der Waals surface area contributed by atoms with Gasteiger partial charge in [-0.25, -0.2) is 0 Å². The van der Waals surface area contributed by atoms with E-state index in [0.29, 0.717) is 24.3 Å². The van der Waals surface area contributed by atoms with Crippen LogP contribution < -0.4 is 0 Å². The number of piperazine rings is 1. The van der Waals surface area contributed by atoms with Gasteiger partial charge in [0.15, 0.2) is 0 Å². The highest BCUT2D eigenvalue weighted by Crippen LogP contribution is 2.31. The summed E-state index contributed by atoms with van der Waals surface area (Å²) in [7, 11) is 2.02.